The normalized spacial score (nSPS) is 11.1. The van der Waals surface area contributed by atoms with Gasteiger partial charge in [-0.25, -0.2) is 18.3 Å². The number of hydrogen-bond acceptors (Lipinski definition) is 2. The van der Waals surface area contributed by atoms with Crippen LogP contribution in [0.3, 0.4) is 0 Å². The van der Waals surface area contributed by atoms with Crippen LogP contribution in [0, 0.1) is 18.6 Å². The molecule has 0 saturated heterocycles. The Hall–Kier alpha value is -2.30. The first-order valence-corrected chi connectivity index (χ1v) is 5.41. The Labute approximate surface area is 102 Å². The van der Waals surface area contributed by atoms with Gasteiger partial charge in [-0.3, -0.25) is 0 Å². The maximum Gasteiger partial charge on any atom is 0.182 e. The van der Waals surface area contributed by atoms with E-state index in [9.17, 15) is 8.78 Å². The van der Waals surface area contributed by atoms with Gasteiger partial charge in [0.05, 0.1) is 0 Å². The summed E-state index contributed by atoms with van der Waals surface area (Å²) in [6.07, 6.45) is 1.76. The highest BCUT2D eigenvalue weighted by molar-refractivity contribution is 5.58. The van der Waals surface area contributed by atoms with Gasteiger partial charge in [-0.1, -0.05) is 0 Å². The topological polar surface area (TPSA) is 30.2 Å². The average Bonchev–Trinajstić information content (AvgIpc) is 2.70. The summed E-state index contributed by atoms with van der Waals surface area (Å²) in [6.45, 7) is 1.94. The molecule has 3 rings (SSSR count). The quantitative estimate of drug-likeness (QED) is 0.659. The number of halogens is 2. The molecule has 0 radical (unpaired) electrons. The second-order valence-corrected chi connectivity index (χ2v) is 4.10. The highest BCUT2D eigenvalue weighted by atomic mass is 19.1. The largest absolute Gasteiger partial charge is 0.221 e. The molecule has 0 spiro atoms. The summed E-state index contributed by atoms with van der Waals surface area (Å²) in [5, 5.41) is 4.18. The van der Waals surface area contributed by atoms with Crippen LogP contribution < -0.4 is 0 Å². The van der Waals surface area contributed by atoms with Gasteiger partial charge in [-0.2, -0.15) is 0 Å². The molecular formula is C13H9F2N3. The Morgan fingerprint density at radius 3 is 2.50 bits per heavy atom. The number of pyridine rings is 1. The molecule has 2 aromatic heterocycles. The predicted molar refractivity (Wildman–Crippen MR) is 63.1 cm³/mol. The minimum Gasteiger partial charge on any atom is -0.221 e. The SMILES string of the molecule is Cc1ccn2nc(-c3cc(F)cc(F)c3)nc2c1. The van der Waals surface area contributed by atoms with Crippen LogP contribution in [-0.4, -0.2) is 14.6 Å². The lowest BCUT2D eigenvalue weighted by Gasteiger charge is -1.95. The van der Waals surface area contributed by atoms with Crippen molar-refractivity contribution in [3.8, 4) is 11.4 Å². The summed E-state index contributed by atoms with van der Waals surface area (Å²) < 4.78 is 27.8. The fourth-order valence-electron chi connectivity index (χ4n) is 1.79. The van der Waals surface area contributed by atoms with Crippen molar-refractivity contribution < 1.29 is 8.78 Å². The molecule has 0 aliphatic rings. The molecular weight excluding hydrogens is 236 g/mol. The summed E-state index contributed by atoms with van der Waals surface area (Å²) in [5.41, 5.74) is 2.02. The maximum absolute atomic E-state index is 13.1. The number of nitrogens with zero attached hydrogens (tertiary/aromatic N) is 3. The van der Waals surface area contributed by atoms with E-state index in [1.807, 2.05) is 19.1 Å². The Kier molecular flexibility index (Phi) is 2.33. The molecule has 0 aliphatic heterocycles. The van der Waals surface area contributed by atoms with Gasteiger partial charge >= 0.3 is 0 Å². The summed E-state index contributed by atoms with van der Waals surface area (Å²) in [5.74, 6) is -0.973. The Morgan fingerprint density at radius 1 is 1.06 bits per heavy atom. The van der Waals surface area contributed by atoms with E-state index in [-0.39, 0.29) is 0 Å². The molecule has 2 heterocycles. The molecule has 3 aromatic rings. The smallest absolute Gasteiger partial charge is 0.182 e. The van der Waals surface area contributed by atoms with Gasteiger partial charge < -0.3 is 0 Å². The standard InChI is InChI=1S/C13H9F2N3/c1-8-2-3-18-12(4-8)16-13(17-18)9-5-10(14)7-11(15)6-9/h2-7H,1H3. The predicted octanol–water partition coefficient (Wildman–Crippen LogP) is 2.98. The minimum atomic E-state index is -0.639. The Bertz CT molecular complexity index is 714. The van der Waals surface area contributed by atoms with Gasteiger partial charge in [0, 0.05) is 17.8 Å². The first-order chi connectivity index (χ1) is 8.61. The van der Waals surface area contributed by atoms with Gasteiger partial charge in [-0.15, -0.1) is 5.10 Å². The molecule has 0 aliphatic carbocycles. The highest BCUT2D eigenvalue weighted by Gasteiger charge is 2.09. The average molecular weight is 245 g/mol. The van der Waals surface area contributed by atoms with E-state index in [0.717, 1.165) is 11.6 Å². The number of benzene rings is 1. The van der Waals surface area contributed by atoms with Gasteiger partial charge in [0.2, 0.25) is 0 Å². The zero-order chi connectivity index (χ0) is 12.7. The summed E-state index contributed by atoms with van der Waals surface area (Å²) in [6, 6.07) is 6.99. The van der Waals surface area contributed by atoms with Gasteiger partial charge in [0.25, 0.3) is 0 Å². The van der Waals surface area contributed by atoms with E-state index in [2.05, 4.69) is 10.1 Å². The molecule has 0 amide bonds. The lowest BCUT2D eigenvalue weighted by Crippen LogP contribution is -1.88. The van der Waals surface area contributed by atoms with E-state index in [1.54, 1.807) is 10.7 Å². The van der Waals surface area contributed by atoms with Crippen LogP contribution in [0.15, 0.2) is 36.5 Å². The maximum atomic E-state index is 13.1. The number of aromatic nitrogens is 3. The molecule has 90 valence electrons. The van der Waals surface area contributed by atoms with Crippen LogP contribution in [0.4, 0.5) is 8.78 Å². The van der Waals surface area contributed by atoms with Crippen LogP contribution in [0.5, 0.6) is 0 Å². The number of rotatable bonds is 1. The third-order valence-corrected chi connectivity index (χ3v) is 2.61. The molecule has 5 heteroatoms. The van der Waals surface area contributed by atoms with Crippen molar-refractivity contribution in [2.24, 2.45) is 0 Å². The third-order valence-electron chi connectivity index (χ3n) is 2.61. The van der Waals surface area contributed by atoms with Gasteiger partial charge in [-0.05, 0) is 36.8 Å². The van der Waals surface area contributed by atoms with E-state index < -0.39 is 11.6 Å². The Balaban J connectivity index is 2.19. The third kappa shape index (κ3) is 1.84. The molecule has 0 unspecified atom stereocenters. The molecule has 0 fully saturated rings. The molecule has 1 aromatic carbocycles. The van der Waals surface area contributed by atoms with Crippen LogP contribution in [0.2, 0.25) is 0 Å². The van der Waals surface area contributed by atoms with E-state index in [0.29, 0.717) is 17.0 Å². The fourth-order valence-corrected chi connectivity index (χ4v) is 1.79. The lowest BCUT2D eigenvalue weighted by atomic mass is 10.2. The van der Waals surface area contributed by atoms with E-state index in [1.165, 1.54) is 12.1 Å². The fraction of sp³-hybridized carbons (Fsp3) is 0.0769. The molecule has 0 saturated carbocycles. The minimum absolute atomic E-state index is 0.305. The first kappa shape index (κ1) is 10.8. The van der Waals surface area contributed by atoms with Crippen LogP contribution in [0.1, 0.15) is 5.56 Å². The molecule has 0 atom stereocenters. The van der Waals surface area contributed by atoms with Crippen molar-refractivity contribution in [2.75, 3.05) is 0 Å². The molecule has 18 heavy (non-hydrogen) atoms. The number of hydrogen-bond donors (Lipinski definition) is 0. The summed E-state index contributed by atoms with van der Waals surface area (Å²) in [7, 11) is 0. The van der Waals surface area contributed by atoms with Crippen molar-refractivity contribution in [2.45, 2.75) is 6.92 Å². The van der Waals surface area contributed by atoms with Crippen molar-refractivity contribution in [1.82, 2.24) is 14.6 Å². The van der Waals surface area contributed by atoms with Crippen molar-refractivity contribution >= 4 is 5.65 Å². The summed E-state index contributed by atoms with van der Waals surface area (Å²) >= 11 is 0. The molecule has 0 N–H and O–H groups in total. The van der Waals surface area contributed by atoms with Crippen molar-refractivity contribution in [1.29, 1.82) is 0 Å². The summed E-state index contributed by atoms with van der Waals surface area (Å²) in [4.78, 5) is 4.24. The zero-order valence-corrected chi connectivity index (χ0v) is 9.56. The molecule has 3 nitrogen and oxygen atoms in total. The van der Waals surface area contributed by atoms with Crippen molar-refractivity contribution in [3.63, 3.8) is 0 Å². The van der Waals surface area contributed by atoms with E-state index >= 15 is 0 Å². The Morgan fingerprint density at radius 2 is 1.78 bits per heavy atom. The number of fused-ring (bicyclic) bond motifs is 1. The number of aryl methyl sites for hydroxylation is 1. The van der Waals surface area contributed by atoms with Crippen LogP contribution in [-0.2, 0) is 0 Å². The van der Waals surface area contributed by atoms with Crippen molar-refractivity contribution in [3.05, 3.63) is 53.7 Å². The van der Waals surface area contributed by atoms with Gasteiger partial charge in [0.1, 0.15) is 11.6 Å². The van der Waals surface area contributed by atoms with Gasteiger partial charge in [0.15, 0.2) is 11.5 Å². The second kappa shape index (κ2) is 3.87. The zero-order valence-electron chi connectivity index (χ0n) is 9.56. The lowest BCUT2D eigenvalue weighted by molar-refractivity contribution is 0.584. The second-order valence-electron chi connectivity index (χ2n) is 4.10. The monoisotopic (exact) mass is 245 g/mol. The van der Waals surface area contributed by atoms with Crippen LogP contribution in [0.25, 0.3) is 17.0 Å². The van der Waals surface area contributed by atoms with Crippen LogP contribution >= 0.6 is 0 Å². The first-order valence-electron chi connectivity index (χ1n) is 5.41. The highest BCUT2D eigenvalue weighted by Crippen LogP contribution is 2.19. The van der Waals surface area contributed by atoms with E-state index in [4.69, 9.17) is 0 Å². The molecule has 0 bridgehead atoms.